The molecule has 6 nitrogen and oxygen atoms in total. The Bertz CT molecular complexity index is 1050. The molecule has 0 spiro atoms. The molecule has 4 rings (SSSR count). The van der Waals surface area contributed by atoms with E-state index in [9.17, 15) is 9.18 Å². The lowest BCUT2D eigenvalue weighted by Crippen LogP contribution is -2.34. The average Bonchev–Trinajstić information content (AvgIpc) is 3.37. The normalized spacial score (nSPS) is 15.1. The van der Waals surface area contributed by atoms with Gasteiger partial charge >= 0.3 is 0 Å². The number of nitrogens with one attached hydrogen (secondary N) is 1. The van der Waals surface area contributed by atoms with Crippen LogP contribution in [0.25, 0.3) is 16.9 Å². The summed E-state index contributed by atoms with van der Waals surface area (Å²) in [7, 11) is 0. The minimum Gasteiger partial charge on any atom is -0.349 e. The van der Waals surface area contributed by atoms with Crippen LogP contribution in [0.3, 0.4) is 0 Å². The third-order valence-electron chi connectivity index (χ3n) is 5.48. The van der Waals surface area contributed by atoms with Crippen molar-refractivity contribution in [1.29, 1.82) is 0 Å². The van der Waals surface area contributed by atoms with E-state index in [0.717, 1.165) is 30.9 Å². The highest BCUT2D eigenvalue weighted by Gasteiger charge is 2.22. The lowest BCUT2D eigenvalue weighted by Gasteiger charge is -2.15. The third-order valence-corrected chi connectivity index (χ3v) is 5.48. The van der Waals surface area contributed by atoms with E-state index < -0.39 is 0 Å². The van der Waals surface area contributed by atoms with Gasteiger partial charge in [0.05, 0.1) is 11.4 Å². The molecule has 7 heteroatoms. The quantitative estimate of drug-likeness (QED) is 0.699. The van der Waals surface area contributed by atoms with Crippen molar-refractivity contribution in [2.45, 2.75) is 39.0 Å². The molecule has 0 atom stereocenters. The second-order valence-corrected chi connectivity index (χ2v) is 8.89. The van der Waals surface area contributed by atoms with E-state index in [4.69, 9.17) is 0 Å². The van der Waals surface area contributed by atoms with E-state index in [-0.39, 0.29) is 17.1 Å². The van der Waals surface area contributed by atoms with Gasteiger partial charge in [0.1, 0.15) is 11.5 Å². The summed E-state index contributed by atoms with van der Waals surface area (Å²) in [5, 5.41) is 7.69. The van der Waals surface area contributed by atoms with Crippen LogP contribution < -0.4 is 5.32 Å². The molecule has 158 valence electrons. The lowest BCUT2D eigenvalue weighted by molar-refractivity contribution is 0.0942. The zero-order valence-electron chi connectivity index (χ0n) is 17.8. The zero-order valence-corrected chi connectivity index (χ0v) is 17.8. The number of carbonyl (C=O) groups excluding carboxylic acids is 1. The predicted octanol–water partition coefficient (Wildman–Crippen LogP) is 3.66. The highest BCUT2D eigenvalue weighted by atomic mass is 19.1. The fraction of sp³-hybridized carbons (Fsp3) is 0.435. The SMILES string of the molecule is CC(C)(C)c1cc2nc(-c3ccc(F)cc3)cc(C(=O)NCCN3CCCC3)n2n1. The smallest absolute Gasteiger partial charge is 0.270 e. The molecule has 1 N–H and O–H groups in total. The van der Waals surface area contributed by atoms with Crippen molar-refractivity contribution in [1.82, 2.24) is 24.8 Å². The Balaban J connectivity index is 1.68. The predicted molar refractivity (Wildman–Crippen MR) is 115 cm³/mol. The first-order valence-corrected chi connectivity index (χ1v) is 10.5. The molecule has 0 aliphatic carbocycles. The topological polar surface area (TPSA) is 62.5 Å². The summed E-state index contributed by atoms with van der Waals surface area (Å²) in [6, 6.07) is 9.77. The van der Waals surface area contributed by atoms with Crippen molar-refractivity contribution < 1.29 is 9.18 Å². The molecule has 1 amide bonds. The number of hydrogen-bond acceptors (Lipinski definition) is 4. The second-order valence-electron chi connectivity index (χ2n) is 8.89. The van der Waals surface area contributed by atoms with Crippen LogP contribution in [0.4, 0.5) is 4.39 Å². The van der Waals surface area contributed by atoms with Gasteiger partial charge in [0.15, 0.2) is 5.65 Å². The van der Waals surface area contributed by atoms with Crippen LogP contribution in [-0.2, 0) is 5.41 Å². The molecule has 1 fully saturated rings. The van der Waals surface area contributed by atoms with Crippen molar-refractivity contribution >= 4 is 11.6 Å². The average molecular weight is 410 g/mol. The molecule has 2 aromatic heterocycles. The summed E-state index contributed by atoms with van der Waals surface area (Å²) >= 11 is 0. The minimum atomic E-state index is -0.306. The molecule has 0 radical (unpaired) electrons. The molecular weight excluding hydrogens is 381 g/mol. The molecule has 3 aromatic rings. The summed E-state index contributed by atoms with van der Waals surface area (Å²) in [5.41, 5.74) is 3.09. The number of amides is 1. The first-order valence-electron chi connectivity index (χ1n) is 10.5. The first-order chi connectivity index (χ1) is 14.3. The number of benzene rings is 1. The van der Waals surface area contributed by atoms with Crippen molar-refractivity contribution in [3.05, 3.63) is 53.6 Å². The highest BCUT2D eigenvalue weighted by Crippen LogP contribution is 2.25. The van der Waals surface area contributed by atoms with Crippen molar-refractivity contribution in [2.75, 3.05) is 26.2 Å². The Labute approximate surface area is 176 Å². The van der Waals surface area contributed by atoms with Gasteiger partial charge < -0.3 is 10.2 Å². The molecule has 0 unspecified atom stereocenters. The van der Waals surface area contributed by atoms with Gasteiger partial charge in [-0.25, -0.2) is 13.9 Å². The molecular formula is C23H28FN5O. The number of fused-ring (bicyclic) bond motifs is 1. The Morgan fingerprint density at radius 1 is 1.13 bits per heavy atom. The summed E-state index contributed by atoms with van der Waals surface area (Å²) in [6.45, 7) is 9.85. The molecule has 0 saturated carbocycles. The van der Waals surface area contributed by atoms with Crippen LogP contribution in [-0.4, -0.2) is 51.6 Å². The standard InChI is InChI=1S/C23H28FN5O/c1-23(2,3)20-15-21-26-18(16-6-8-17(24)9-7-16)14-19(29(21)27-20)22(30)25-10-13-28-11-4-5-12-28/h6-9,14-15H,4-5,10-13H2,1-3H3,(H,25,30). The van der Waals surface area contributed by atoms with Crippen LogP contribution in [0.2, 0.25) is 0 Å². The Morgan fingerprint density at radius 3 is 2.50 bits per heavy atom. The minimum absolute atomic E-state index is 0.173. The van der Waals surface area contributed by atoms with E-state index in [1.54, 1.807) is 22.7 Å². The first kappa shape index (κ1) is 20.5. The van der Waals surface area contributed by atoms with Crippen LogP contribution in [0.15, 0.2) is 36.4 Å². The zero-order chi connectivity index (χ0) is 21.3. The van der Waals surface area contributed by atoms with Crippen molar-refractivity contribution in [3.8, 4) is 11.3 Å². The van der Waals surface area contributed by atoms with E-state index in [1.165, 1.54) is 25.0 Å². The van der Waals surface area contributed by atoms with Gasteiger partial charge in [0, 0.05) is 30.1 Å². The summed E-state index contributed by atoms with van der Waals surface area (Å²) < 4.78 is 15.0. The number of rotatable bonds is 5. The molecule has 30 heavy (non-hydrogen) atoms. The maximum Gasteiger partial charge on any atom is 0.270 e. The molecule has 0 bridgehead atoms. The number of nitrogens with zero attached hydrogens (tertiary/aromatic N) is 4. The fourth-order valence-electron chi connectivity index (χ4n) is 3.70. The molecule has 1 aromatic carbocycles. The summed E-state index contributed by atoms with van der Waals surface area (Å²) in [5.74, 6) is -0.493. The van der Waals surface area contributed by atoms with Crippen LogP contribution in [0.5, 0.6) is 0 Å². The van der Waals surface area contributed by atoms with Crippen LogP contribution in [0.1, 0.15) is 49.8 Å². The maximum absolute atomic E-state index is 13.4. The van der Waals surface area contributed by atoms with Crippen LogP contribution >= 0.6 is 0 Å². The molecule has 1 aliphatic rings. The van der Waals surface area contributed by atoms with E-state index in [0.29, 0.717) is 23.6 Å². The Morgan fingerprint density at radius 2 is 1.83 bits per heavy atom. The van der Waals surface area contributed by atoms with E-state index in [1.807, 2.05) is 6.07 Å². The number of hydrogen-bond donors (Lipinski definition) is 1. The number of likely N-dealkylation sites (tertiary alicyclic amines) is 1. The van der Waals surface area contributed by atoms with Gasteiger partial charge in [-0.05, 0) is 56.3 Å². The molecule has 3 heterocycles. The summed E-state index contributed by atoms with van der Waals surface area (Å²) in [4.78, 5) is 20.1. The number of aromatic nitrogens is 3. The van der Waals surface area contributed by atoms with Gasteiger partial charge in [0.25, 0.3) is 5.91 Å². The van der Waals surface area contributed by atoms with Crippen LogP contribution in [0, 0.1) is 5.82 Å². The summed E-state index contributed by atoms with van der Waals surface area (Å²) in [6.07, 6.45) is 2.45. The maximum atomic E-state index is 13.4. The largest absolute Gasteiger partial charge is 0.349 e. The van der Waals surface area contributed by atoms with Gasteiger partial charge in [-0.3, -0.25) is 4.79 Å². The van der Waals surface area contributed by atoms with Crippen molar-refractivity contribution in [3.63, 3.8) is 0 Å². The molecule has 1 aliphatic heterocycles. The number of halogens is 1. The van der Waals surface area contributed by atoms with Gasteiger partial charge in [-0.1, -0.05) is 20.8 Å². The Hall–Kier alpha value is -2.80. The van der Waals surface area contributed by atoms with Crippen molar-refractivity contribution in [2.24, 2.45) is 0 Å². The number of carbonyl (C=O) groups is 1. The second kappa shape index (κ2) is 8.14. The lowest BCUT2D eigenvalue weighted by atomic mass is 9.93. The fourth-order valence-corrected chi connectivity index (χ4v) is 3.70. The van der Waals surface area contributed by atoms with Gasteiger partial charge in [-0.15, -0.1) is 0 Å². The van der Waals surface area contributed by atoms with Gasteiger partial charge in [-0.2, -0.15) is 5.10 Å². The third kappa shape index (κ3) is 4.36. The Kier molecular flexibility index (Phi) is 5.56. The monoisotopic (exact) mass is 409 g/mol. The highest BCUT2D eigenvalue weighted by molar-refractivity contribution is 5.94. The van der Waals surface area contributed by atoms with E-state index in [2.05, 4.69) is 41.1 Å². The van der Waals surface area contributed by atoms with E-state index >= 15 is 0 Å². The molecule has 1 saturated heterocycles. The van der Waals surface area contributed by atoms with Gasteiger partial charge in [0.2, 0.25) is 0 Å².